The summed E-state index contributed by atoms with van der Waals surface area (Å²) in [5, 5.41) is 2.94. The number of anilines is 2. The van der Waals surface area contributed by atoms with Gasteiger partial charge in [0.05, 0.1) is 11.8 Å². The second-order valence-electron chi connectivity index (χ2n) is 13.5. The quantitative estimate of drug-likeness (QED) is 0.169. The van der Waals surface area contributed by atoms with Crippen molar-refractivity contribution in [1.82, 2.24) is 10.3 Å². The summed E-state index contributed by atoms with van der Waals surface area (Å²) < 4.78 is 31.8. The van der Waals surface area contributed by atoms with Crippen molar-refractivity contribution in [3.63, 3.8) is 0 Å². The van der Waals surface area contributed by atoms with Gasteiger partial charge in [0.1, 0.15) is 17.2 Å². The number of carbonyl (C=O) groups is 2. The Morgan fingerprint density at radius 3 is 2.09 bits per heavy atom. The second kappa shape index (κ2) is 14.1. The lowest BCUT2D eigenvalue weighted by molar-refractivity contribution is 0.0483. The molecule has 0 aliphatic heterocycles. The second-order valence-corrected chi connectivity index (χ2v) is 15.6. The number of alkyl carbamates (subject to hydrolysis) is 1. The number of rotatable bonds is 13. The Balaban J connectivity index is 1.71. The molecule has 0 spiro atoms. The minimum absolute atomic E-state index is 0.151. The van der Waals surface area contributed by atoms with Gasteiger partial charge in [-0.15, -0.1) is 0 Å². The molecule has 4 rings (SSSR count). The highest BCUT2D eigenvalue weighted by molar-refractivity contribution is 7.92. The van der Waals surface area contributed by atoms with Crippen LogP contribution in [0.15, 0.2) is 84.9 Å². The summed E-state index contributed by atoms with van der Waals surface area (Å²) in [7, 11) is -2.23. The predicted molar refractivity (Wildman–Crippen MR) is 184 cm³/mol. The van der Waals surface area contributed by atoms with E-state index in [9.17, 15) is 18.0 Å². The molecule has 246 valence electrons. The van der Waals surface area contributed by atoms with Gasteiger partial charge in [0.2, 0.25) is 10.0 Å². The fourth-order valence-electron chi connectivity index (χ4n) is 5.17. The van der Waals surface area contributed by atoms with E-state index in [4.69, 9.17) is 9.72 Å². The lowest BCUT2D eigenvalue weighted by atomic mass is 9.91. The summed E-state index contributed by atoms with van der Waals surface area (Å²) in [6, 6.07) is 22.9. The third kappa shape index (κ3) is 10.2. The molecule has 1 N–H and O–H groups in total. The van der Waals surface area contributed by atoms with Crippen LogP contribution in [0, 0.1) is 11.8 Å². The molecule has 10 heteroatoms. The molecular formula is C36H46N4O5S. The minimum Gasteiger partial charge on any atom is -0.444 e. The van der Waals surface area contributed by atoms with Crippen LogP contribution in [-0.2, 0) is 27.7 Å². The Morgan fingerprint density at radius 2 is 1.54 bits per heavy atom. The highest BCUT2D eigenvalue weighted by Crippen LogP contribution is 2.39. The lowest BCUT2D eigenvalue weighted by Crippen LogP contribution is -2.48. The molecule has 3 atom stereocenters. The molecule has 1 aromatic heterocycles. The van der Waals surface area contributed by atoms with Crippen LogP contribution < -0.4 is 14.5 Å². The van der Waals surface area contributed by atoms with Crippen LogP contribution in [0.5, 0.6) is 0 Å². The number of ether oxygens (including phenoxy) is 1. The molecule has 1 amide bonds. The molecule has 1 aliphatic rings. The van der Waals surface area contributed by atoms with Gasteiger partial charge in [0.15, 0.2) is 5.78 Å². The fourth-order valence-corrected chi connectivity index (χ4v) is 5.61. The summed E-state index contributed by atoms with van der Waals surface area (Å²) in [4.78, 5) is 33.6. The van der Waals surface area contributed by atoms with Crippen molar-refractivity contribution >= 4 is 33.5 Å². The van der Waals surface area contributed by atoms with Crippen molar-refractivity contribution in [2.45, 2.75) is 65.1 Å². The Labute approximate surface area is 273 Å². The van der Waals surface area contributed by atoms with Crippen molar-refractivity contribution in [1.29, 1.82) is 0 Å². The number of nitrogens with zero attached hydrogens (tertiary/aromatic N) is 3. The zero-order valence-corrected chi connectivity index (χ0v) is 28.7. The molecule has 3 unspecified atom stereocenters. The van der Waals surface area contributed by atoms with Crippen molar-refractivity contribution in [3.8, 4) is 0 Å². The molecule has 0 saturated heterocycles. The number of allylic oxidation sites excluding steroid dienone is 1. The van der Waals surface area contributed by atoms with Gasteiger partial charge in [-0.25, -0.2) is 18.2 Å². The number of carbonyl (C=O) groups excluding carboxylic acids is 2. The molecule has 1 aliphatic carbocycles. The summed E-state index contributed by atoms with van der Waals surface area (Å²) in [5.74, 6) is 1.39. The Hall–Kier alpha value is -4.18. The van der Waals surface area contributed by atoms with E-state index in [1.807, 2.05) is 67.6 Å². The number of pyridine rings is 1. The minimum atomic E-state index is -3.66. The highest BCUT2D eigenvalue weighted by Gasteiger charge is 2.35. The van der Waals surface area contributed by atoms with Gasteiger partial charge in [-0.2, -0.15) is 0 Å². The molecule has 1 saturated carbocycles. The molecule has 9 nitrogen and oxygen atoms in total. The molecule has 0 bridgehead atoms. The number of aromatic nitrogens is 1. The lowest BCUT2D eigenvalue weighted by Gasteiger charge is -2.30. The molecule has 46 heavy (non-hydrogen) atoms. The first kappa shape index (κ1) is 34.7. The Morgan fingerprint density at radius 1 is 0.978 bits per heavy atom. The van der Waals surface area contributed by atoms with Gasteiger partial charge in [0.25, 0.3) is 0 Å². The van der Waals surface area contributed by atoms with E-state index >= 15 is 0 Å². The first-order valence-electron chi connectivity index (χ1n) is 15.5. The van der Waals surface area contributed by atoms with Gasteiger partial charge in [-0.05, 0) is 81.7 Å². The first-order valence-corrected chi connectivity index (χ1v) is 17.4. The van der Waals surface area contributed by atoms with Crippen molar-refractivity contribution in [2.75, 3.05) is 29.1 Å². The summed E-state index contributed by atoms with van der Waals surface area (Å²) in [6.07, 6.45) is 5.11. The number of hydrogen-bond donors (Lipinski definition) is 1. The van der Waals surface area contributed by atoms with Crippen LogP contribution in [0.3, 0.4) is 0 Å². The number of nitrogens with one attached hydrogen (secondary N) is 1. The number of hydrogen-bond acceptors (Lipinski definition) is 7. The van der Waals surface area contributed by atoms with Crippen LogP contribution in [0.4, 0.5) is 16.4 Å². The smallest absolute Gasteiger partial charge is 0.408 e. The monoisotopic (exact) mass is 646 g/mol. The number of benzene rings is 2. The van der Waals surface area contributed by atoms with Gasteiger partial charge < -0.3 is 15.0 Å². The Bertz CT molecular complexity index is 1650. The van der Waals surface area contributed by atoms with Crippen LogP contribution in [0.1, 0.15) is 62.5 Å². The van der Waals surface area contributed by atoms with Crippen LogP contribution in [0.25, 0.3) is 0 Å². The zero-order valence-electron chi connectivity index (χ0n) is 27.9. The third-order valence-electron chi connectivity index (χ3n) is 7.98. The van der Waals surface area contributed by atoms with E-state index in [1.54, 1.807) is 32.9 Å². The van der Waals surface area contributed by atoms with Gasteiger partial charge in [0, 0.05) is 25.7 Å². The Kier molecular flexibility index (Phi) is 10.6. The van der Waals surface area contributed by atoms with E-state index in [2.05, 4.69) is 17.1 Å². The molecule has 2 aromatic carbocycles. The first-order chi connectivity index (χ1) is 21.5. The van der Waals surface area contributed by atoms with Crippen LogP contribution in [0.2, 0.25) is 0 Å². The topological polar surface area (TPSA) is 109 Å². The zero-order chi connectivity index (χ0) is 33.7. The molecule has 3 aromatic rings. The number of ketones is 1. The largest absolute Gasteiger partial charge is 0.444 e. The van der Waals surface area contributed by atoms with Gasteiger partial charge in [-0.3, -0.25) is 9.10 Å². The van der Waals surface area contributed by atoms with Gasteiger partial charge in [-0.1, -0.05) is 73.7 Å². The summed E-state index contributed by atoms with van der Waals surface area (Å²) in [5.41, 5.74) is 0.664. The number of amides is 1. The summed E-state index contributed by atoms with van der Waals surface area (Å²) in [6.45, 7) is 10.7. The van der Waals surface area contributed by atoms with E-state index in [-0.39, 0.29) is 17.2 Å². The standard InChI is InChI=1S/C36H46N4O5S/c1-26-20-30(26)25-40(24-28-16-12-9-13-17-28)33-22-29(21-32(37-33)39(6)46(7,43)44)31(41)18-19-36(5,23-27-14-10-8-11-15-27)38-34(42)45-35(2,3)4/h8-19,21-22,26,30H,20,23-25H2,1-7H3,(H,38,42). The predicted octanol–water partition coefficient (Wildman–Crippen LogP) is 6.41. The third-order valence-corrected chi connectivity index (χ3v) is 9.16. The van der Waals surface area contributed by atoms with Gasteiger partial charge >= 0.3 is 6.09 Å². The van der Waals surface area contributed by atoms with Crippen LogP contribution >= 0.6 is 0 Å². The van der Waals surface area contributed by atoms with E-state index in [0.717, 1.165) is 34.7 Å². The fraction of sp³-hybridized carbons (Fsp3) is 0.417. The number of sulfonamides is 1. The maximum absolute atomic E-state index is 13.9. The summed E-state index contributed by atoms with van der Waals surface area (Å²) >= 11 is 0. The molecule has 0 radical (unpaired) electrons. The van der Waals surface area contributed by atoms with Crippen LogP contribution in [-0.4, -0.2) is 56.3 Å². The van der Waals surface area contributed by atoms with Crippen molar-refractivity contribution in [2.24, 2.45) is 11.8 Å². The van der Waals surface area contributed by atoms with Crippen molar-refractivity contribution < 1.29 is 22.7 Å². The van der Waals surface area contributed by atoms with E-state index in [0.29, 0.717) is 30.6 Å². The highest BCUT2D eigenvalue weighted by atomic mass is 32.2. The molecule has 1 fully saturated rings. The molecular weight excluding hydrogens is 600 g/mol. The van der Waals surface area contributed by atoms with E-state index in [1.165, 1.54) is 19.2 Å². The maximum Gasteiger partial charge on any atom is 0.408 e. The normalized spacial score (nSPS) is 17.6. The maximum atomic E-state index is 13.9. The average molecular weight is 647 g/mol. The SMILES string of the molecule is CC1CC1CN(Cc1ccccc1)c1cc(C(=O)C=CC(C)(Cc2ccccc2)NC(=O)OC(C)(C)C)cc(N(C)S(C)(=O)=O)n1. The average Bonchev–Trinajstić information content (AvgIpc) is 3.68. The van der Waals surface area contributed by atoms with E-state index < -0.39 is 27.3 Å². The van der Waals surface area contributed by atoms with Crippen molar-refractivity contribution in [3.05, 3.63) is 102 Å². The molecule has 1 heterocycles.